The van der Waals surface area contributed by atoms with Gasteiger partial charge in [0.2, 0.25) is 5.91 Å². The van der Waals surface area contributed by atoms with Gasteiger partial charge >= 0.3 is 0 Å². The van der Waals surface area contributed by atoms with E-state index in [1.54, 1.807) is 11.3 Å². The zero-order valence-electron chi connectivity index (χ0n) is 7.97. The fraction of sp³-hybridized carbons (Fsp3) is 0.444. The van der Waals surface area contributed by atoms with Gasteiger partial charge in [-0.05, 0) is 28.9 Å². The average molecular weight is 277 g/mol. The van der Waals surface area contributed by atoms with Gasteiger partial charge in [0, 0.05) is 33.7 Å². The highest BCUT2D eigenvalue weighted by molar-refractivity contribution is 9.10. The molecule has 0 radical (unpaired) electrons. The Balaban J connectivity index is 2.28. The summed E-state index contributed by atoms with van der Waals surface area (Å²) in [7, 11) is 0. The summed E-state index contributed by atoms with van der Waals surface area (Å²) in [5.74, 6) is -0.263. The Kier molecular flexibility index (Phi) is 4.57. The van der Waals surface area contributed by atoms with Crippen molar-refractivity contribution < 1.29 is 4.79 Å². The van der Waals surface area contributed by atoms with Crippen molar-refractivity contribution in [1.29, 1.82) is 0 Å². The molecule has 0 saturated carbocycles. The van der Waals surface area contributed by atoms with Crippen LogP contribution in [0.1, 0.15) is 16.2 Å². The number of nitrogens with two attached hydrogens (primary N) is 1. The smallest absolute Gasteiger partial charge is 0.218 e. The number of nitrogens with one attached hydrogen (secondary N) is 1. The van der Waals surface area contributed by atoms with Crippen LogP contribution >= 0.6 is 27.3 Å². The first-order valence-electron chi connectivity index (χ1n) is 4.33. The Morgan fingerprint density at radius 1 is 1.71 bits per heavy atom. The molecular weight excluding hydrogens is 264 g/mol. The van der Waals surface area contributed by atoms with Gasteiger partial charge in [-0.15, -0.1) is 11.3 Å². The predicted octanol–water partition coefficient (Wildman–Crippen LogP) is 1.78. The van der Waals surface area contributed by atoms with Crippen LogP contribution in [-0.2, 0) is 11.3 Å². The molecule has 0 aromatic carbocycles. The van der Waals surface area contributed by atoms with Crippen LogP contribution in [0.4, 0.5) is 0 Å². The summed E-state index contributed by atoms with van der Waals surface area (Å²) < 4.78 is 1.15. The number of carbonyl (C=O) groups is 1. The van der Waals surface area contributed by atoms with E-state index in [1.165, 1.54) is 9.75 Å². The van der Waals surface area contributed by atoms with Crippen molar-refractivity contribution in [2.45, 2.75) is 19.9 Å². The summed E-state index contributed by atoms with van der Waals surface area (Å²) >= 11 is 5.20. The van der Waals surface area contributed by atoms with Crippen LogP contribution in [-0.4, -0.2) is 12.5 Å². The SMILES string of the molecule is Cc1sc(CNCCC(N)=O)cc1Br. The first-order valence-corrected chi connectivity index (χ1v) is 5.94. The lowest BCUT2D eigenvalue weighted by atomic mass is 10.4. The molecule has 78 valence electrons. The molecule has 3 N–H and O–H groups in total. The molecule has 0 spiro atoms. The van der Waals surface area contributed by atoms with Crippen LogP contribution in [0.3, 0.4) is 0 Å². The van der Waals surface area contributed by atoms with Gasteiger partial charge in [0.15, 0.2) is 0 Å². The van der Waals surface area contributed by atoms with Gasteiger partial charge in [-0.3, -0.25) is 4.79 Å². The van der Waals surface area contributed by atoms with E-state index in [9.17, 15) is 4.79 Å². The van der Waals surface area contributed by atoms with Crippen molar-refractivity contribution in [3.63, 3.8) is 0 Å². The molecule has 3 nitrogen and oxygen atoms in total. The second-order valence-electron chi connectivity index (χ2n) is 3.01. The molecule has 1 amide bonds. The topological polar surface area (TPSA) is 55.1 Å². The molecule has 0 aliphatic heterocycles. The maximum absolute atomic E-state index is 10.4. The third-order valence-corrected chi connectivity index (χ3v) is 3.89. The fourth-order valence-corrected chi connectivity index (χ4v) is 2.60. The number of thiophene rings is 1. The summed E-state index contributed by atoms with van der Waals surface area (Å²) in [6.45, 7) is 3.51. The van der Waals surface area contributed by atoms with Gasteiger partial charge in [0.1, 0.15) is 0 Å². The number of rotatable bonds is 5. The monoisotopic (exact) mass is 276 g/mol. The van der Waals surface area contributed by atoms with E-state index in [-0.39, 0.29) is 5.91 Å². The molecule has 1 aromatic heterocycles. The molecule has 0 unspecified atom stereocenters. The van der Waals surface area contributed by atoms with Crippen LogP contribution in [0.5, 0.6) is 0 Å². The van der Waals surface area contributed by atoms with Crippen molar-refractivity contribution >= 4 is 33.2 Å². The molecule has 5 heteroatoms. The lowest BCUT2D eigenvalue weighted by Crippen LogP contribution is -2.21. The summed E-state index contributed by atoms with van der Waals surface area (Å²) in [6.07, 6.45) is 0.394. The average Bonchev–Trinajstić information content (AvgIpc) is 2.40. The number of hydrogen-bond donors (Lipinski definition) is 2. The quantitative estimate of drug-likeness (QED) is 0.806. The number of amides is 1. The van der Waals surface area contributed by atoms with Crippen molar-refractivity contribution in [3.8, 4) is 0 Å². The van der Waals surface area contributed by atoms with E-state index in [2.05, 4.69) is 34.2 Å². The summed E-state index contributed by atoms with van der Waals surface area (Å²) in [6, 6.07) is 2.09. The normalized spacial score (nSPS) is 10.4. The number of primary amides is 1. The molecule has 0 saturated heterocycles. The second-order valence-corrected chi connectivity index (χ2v) is 5.21. The molecule has 1 heterocycles. The minimum absolute atomic E-state index is 0.263. The molecule has 1 aromatic rings. The number of carbonyl (C=O) groups excluding carboxylic acids is 1. The zero-order chi connectivity index (χ0) is 10.6. The van der Waals surface area contributed by atoms with Gasteiger partial charge in [0.05, 0.1) is 0 Å². The third-order valence-electron chi connectivity index (χ3n) is 1.76. The van der Waals surface area contributed by atoms with Gasteiger partial charge in [-0.2, -0.15) is 0 Å². The Morgan fingerprint density at radius 2 is 2.43 bits per heavy atom. The second kappa shape index (κ2) is 5.48. The number of aryl methyl sites for hydroxylation is 1. The molecular formula is C9H13BrN2OS. The van der Waals surface area contributed by atoms with Crippen molar-refractivity contribution in [1.82, 2.24) is 5.32 Å². The Labute approximate surface area is 95.8 Å². The molecule has 0 atom stereocenters. The van der Waals surface area contributed by atoms with E-state index in [0.29, 0.717) is 13.0 Å². The van der Waals surface area contributed by atoms with E-state index in [1.807, 2.05) is 0 Å². The van der Waals surface area contributed by atoms with Crippen LogP contribution in [0, 0.1) is 6.92 Å². The summed E-state index contributed by atoms with van der Waals surface area (Å²) in [5, 5.41) is 3.16. The fourth-order valence-electron chi connectivity index (χ4n) is 1.03. The third kappa shape index (κ3) is 3.77. The van der Waals surface area contributed by atoms with Crippen molar-refractivity contribution in [2.75, 3.05) is 6.54 Å². The summed E-state index contributed by atoms with van der Waals surface area (Å²) in [4.78, 5) is 13.0. The summed E-state index contributed by atoms with van der Waals surface area (Å²) in [5.41, 5.74) is 5.02. The minimum atomic E-state index is -0.263. The molecule has 0 bridgehead atoms. The molecule has 0 aliphatic carbocycles. The van der Waals surface area contributed by atoms with Crippen LogP contribution in [0.2, 0.25) is 0 Å². The van der Waals surface area contributed by atoms with Crippen LogP contribution in [0.15, 0.2) is 10.5 Å². The van der Waals surface area contributed by atoms with Gasteiger partial charge < -0.3 is 11.1 Å². The van der Waals surface area contributed by atoms with Gasteiger partial charge in [-0.25, -0.2) is 0 Å². The maximum atomic E-state index is 10.4. The molecule has 0 fully saturated rings. The zero-order valence-corrected chi connectivity index (χ0v) is 10.4. The molecule has 14 heavy (non-hydrogen) atoms. The Bertz CT molecular complexity index is 305. The van der Waals surface area contributed by atoms with E-state index >= 15 is 0 Å². The van der Waals surface area contributed by atoms with E-state index in [0.717, 1.165) is 11.0 Å². The standard InChI is InChI=1S/C9H13BrN2OS/c1-6-8(10)4-7(14-6)5-12-3-2-9(11)13/h4,12H,2-3,5H2,1H3,(H2,11,13). The highest BCUT2D eigenvalue weighted by atomic mass is 79.9. The Hall–Kier alpha value is -0.390. The first kappa shape index (κ1) is 11.7. The Morgan fingerprint density at radius 3 is 2.93 bits per heavy atom. The number of hydrogen-bond acceptors (Lipinski definition) is 3. The predicted molar refractivity (Wildman–Crippen MR) is 62.3 cm³/mol. The van der Waals surface area contributed by atoms with Crippen LogP contribution in [0.25, 0.3) is 0 Å². The maximum Gasteiger partial charge on any atom is 0.218 e. The molecule has 0 aliphatic rings. The largest absolute Gasteiger partial charge is 0.370 e. The van der Waals surface area contributed by atoms with E-state index < -0.39 is 0 Å². The van der Waals surface area contributed by atoms with Crippen molar-refractivity contribution in [2.24, 2.45) is 5.73 Å². The van der Waals surface area contributed by atoms with Gasteiger partial charge in [0.25, 0.3) is 0 Å². The van der Waals surface area contributed by atoms with E-state index in [4.69, 9.17) is 5.73 Å². The van der Waals surface area contributed by atoms with Crippen LogP contribution < -0.4 is 11.1 Å². The lowest BCUT2D eigenvalue weighted by Gasteiger charge is -1.99. The van der Waals surface area contributed by atoms with Gasteiger partial charge in [-0.1, -0.05) is 0 Å². The number of halogens is 1. The minimum Gasteiger partial charge on any atom is -0.370 e. The molecule has 1 rings (SSSR count). The first-order chi connectivity index (χ1) is 6.59. The lowest BCUT2D eigenvalue weighted by molar-refractivity contribution is -0.117. The highest BCUT2D eigenvalue weighted by Crippen LogP contribution is 2.25. The van der Waals surface area contributed by atoms with Crippen molar-refractivity contribution in [3.05, 3.63) is 20.3 Å². The highest BCUT2D eigenvalue weighted by Gasteiger charge is 2.02.